The van der Waals surface area contributed by atoms with E-state index in [1.807, 2.05) is 43.5 Å². The first-order valence-electron chi connectivity index (χ1n) is 6.69. The molecule has 0 radical (unpaired) electrons. The first-order valence-corrected chi connectivity index (χ1v) is 7.57. The summed E-state index contributed by atoms with van der Waals surface area (Å²) in [5.74, 6) is -0.140. The number of amides is 1. The van der Waals surface area contributed by atoms with Crippen molar-refractivity contribution in [2.75, 3.05) is 5.32 Å². The van der Waals surface area contributed by atoms with Crippen molar-refractivity contribution in [3.63, 3.8) is 0 Å². The van der Waals surface area contributed by atoms with E-state index in [0.717, 1.165) is 16.3 Å². The molecule has 4 nitrogen and oxygen atoms in total. The van der Waals surface area contributed by atoms with Gasteiger partial charge in [0.25, 0.3) is 0 Å². The van der Waals surface area contributed by atoms with Crippen LogP contribution in [0.25, 0.3) is 10.6 Å². The molecular weight excluding hydrogens is 270 g/mol. The fourth-order valence-electron chi connectivity index (χ4n) is 1.92. The van der Waals surface area contributed by atoms with E-state index in [0.29, 0.717) is 12.8 Å². The number of aromatic nitrogens is 1. The van der Waals surface area contributed by atoms with Crippen molar-refractivity contribution >= 4 is 22.9 Å². The summed E-state index contributed by atoms with van der Waals surface area (Å²) in [6.07, 6.45) is 2.99. The van der Waals surface area contributed by atoms with Crippen LogP contribution in [-0.4, -0.2) is 16.4 Å². The highest BCUT2D eigenvalue weighted by molar-refractivity contribution is 7.13. The second-order valence-corrected chi connectivity index (χ2v) is 5.63. The Hall–Kier alpha value is -1.72. The maximum Gasteiger partial charge on any atom is 0.244 e. The summed E-state index contributed by atoms with van der Waals surface area (Å²) >= 11 is 1.57. The Balaban J connectivity index is 2.19. The van der Waals surface area contributed by atoms with Gasteiger partial charge in [-0.25, -0.2) is 4.98 Å². The van der Waals surface area contributed by atoms with Crippen LogP contribution in [0.2, 0.25) is 0 Å². The van der Waals surface area contributed by atoms with E-state index >= 15 is 0 Å². The van der Waals surface area contributed by atoms with E-state index in [2.05, 4.69) is 10.3 Å². The van der Waals surface area contributed by atoms with Gasteiger partial charge in [0, 0.05) is 22.8 Å². The number of carbonyl (C=O) groups excluding carboxylic acids is 1. The minimum Gasteiger partial charge on any atom is -0.324 e. The third kappa shape index (κ3) is 3.05. The van der Waals surface area contributed by atoms with Crippen LogP contribution in [0, 0.1) is 0 Å². The number of carbonyl (C=O) groups is 1. The van der Waals surface area contributed by atoms with Gasteiger partial charge in [0.1, 0.15) is 5.01 Å². The van der Waals surface area contributed by atoms with Crippen molar-refractivity contribution in [3.8, 4) is 10.6 Å². The molecule has 0 spiro atoms. The predicted molar refractivity (Wildman–Crippen MR) is 83.7 cm³/mol. The van der Waals surface area contributed by atoms with Crippen molar-refractivity contribution < 1.29 is 4.79 Å². The number of hydrogen-bond acceptors (Lipinski definition) is 4. The van der Waals surface area contributed by atoms with Crippen LogP contribution in [0.1, 0.15) is 26.7 Å². The molecule has 0 atom stereocenters. The van der Waals surface area contributed by atoms with E-state index in [1.165, 1.54) is 0 Å². The molecule has 0 saturated carbocycles. The molecule has 0 aliphatic carbocycles. The number of hydrogen-bond donors (Lipinski definition) is 2. The summed E-state index contributed by atoms with van der Waals surface area (Å²) in [6, 6.07) is 7.66. The highest BCUT2D eigenvalue weighted by atomic mass is 32.1. The number of rotatable bonds is 5. The van der Waals surface area contributed by atoms with Crippen LogP contribution >= 0.6 is 11.3 Å². The SMILES string of the molecule is CCC(N)(CC)C(=O)Nc1cccc(-c2nccs2)c1. The Morgan fingerprint density at radius 3 is 2.75 bits per heavy atom. The first-order chi connectivity index (χ1) is 9.59. The lowest BCUT2D eigenvalue weighted by molar-refractivity contribution is -0.121. The zero-order chi connectivity index (χ0) is 14.6. The van der Waals surface area contributed by atoms with Gasteiger partial charge in [0.15, 0.2) is 0 Å². The summed E-state index contributed by atoms with van der Waals surface area (Å²) in [5, 5.41) is 5.77. The van der Waals surface area contributed by atoms with Gasteiger partial charge in [0.2, 0.25) is 5.91 Å². The van der Waals surface area contributed by atoms with Crippen LogP contribution in [0.5, 0.6) is 0 Å². The topological polar surface area (TPSA) is 68.0 Å². The van der Waals surface area contributed by atoms with Crippen molar-refractivity contribution in [2.45, 2.75) is 32.2 Å². The van der Waals surface area contributed by atoms with Crippen molar-refractivity contribution in [2.24, 2.45) is 5.73 Å². The van der Waals surface area contributed by atoms with Crippen LogP contribution < -0.4 is 11.1 Å². The Morgan fingerprint density at radius 2 is 2.15 bits per heavy atom. The lowest BCUT2D eigenvalue weighted by Crippen LogP contribution is -2.50. The molecule has 2 aromatic rings. The van der Waals surface area contributed by atoms with E-state index in [9.17, 15) is 4.79 Å². The average molecular weight is 289 g/mol. The van der Waals surface area contributed by atoms with Crippen molar-refractivity contribution in [1.29, 1.82) is 0 Å². The Kier molecular flexibility index (Phi) is 4.52. The molecule has 1 aromatic heterocycles. The number of nitrogens with zero attached hydrogens (tertiary/aromatic N) is 1. The molecule has 5 heteroatoms. The molecule has 0 unspecified atom stereocenters. The fourth-order valence-corrected chi connectivity index (χ4v) is 2.56. The quantitative estimate of drug-likeness (QED) is 0.887. The van der Waals surface area contributed by atoms with Crippen LogP contribution in [0.15, 0.2) is 35.8 Å². The predicted octanol–water partition coefficient (Wildman–Crippen LogP) is 3.27. The van der Waals surface area contributed by atoms with Gasteiger partial charge in [-0.2, -0.15) is 0 Å². The summed E-state index contributed by atoms with van der Waals surface area (Å²) in [5.41, 5.74) is 7.03. The molecule has 1 heterocycles. The number of nitrogens with two attached hydrogens (primary N) is 1. The summed E-state index contributed by atoms with van der Waals surface area (Å²) < 4.78 is 0. The second-order valence-electron chi connectivity index (χ2n) is 4.74. The third-order valence-electron chi connectivity index (χ3n) is 3.51. The zero-order valence-corrected chi connectivity index (χ0v) is 12.5. The monoisotopic (exact) mass is 289 g/mol. The highest BCUT2D eigenvalue weighted by Crippen LogP contribution is 2.25. The average Bonchev–Trinajstić information content (AvgIpc) is 3.01. The Labute approximate surface area is 123 Å². The maximum absolute atomic E-state index is 12.2. The summed E-state index contributed by atoms with van der Waals surface area (Å²) in [4.78, 5) is 16.5. The van der Waals surface area contributed by atoms with Gasteiger partial charge < -0.3 is 11.1 Å². The molecular formula is C15H19N3OS. The molecule has 0 saturated heterocycles. The van der Waals surface area contributed by atoms with Crippen LogP contribution in [0.3, 0.4) is 0 Å². The molecule has 3 N–H and O–H groups in total. The normalized spacial score (nSPS) is 11.3. The van der Waals surface area contributed by atoms with Crippen molar-refractivity contribution in [1.82, 2.24) is 4.98 Å². The lowest BCUT2D eigenvalue weighted by atomic mass is 9.93. The number of thiazole rings is 1. The van der Waals surface area contributed by atoms with Crippen molar-refractivity contribution in [3.05, 3.63) is 35.8 Å². The van der Waals surface area contributed by atoms with Gasteiger partial charge in [0.05, 0.1) is 5.54 Å². The molecule has 0 aliphatic rings. The molecule has 0 fully saturated rings. The highest BCUT2D eigenvalue weighted by Gasteiger charge is 2.29. The maximum atomic E-state index is 12.2. The van der Waals surface area contributed by atoms with Gasteiger partial charge in [-0.3, -0.25) is 4.79 Å². The van der Waals surface area contributed by atoms with Gasteiger partial charge in [-0.05, 0) is 25.0 Å². The summed E-state index contributed by atoms with van der Waals surface area (Å²) in [6.45, 7) is 3.85. The van der Waals surface area contributed by atoms with Gasteiger partial charge in [-0.15, -0.1) is 11.3 Å². The molecule has 1 amide bonds. The number of nitrogens with one attached hydrogen (secondary N) is 1. The molecule has 0 aliphatic heterocycles. The van der Waals surface area contributed by atoms with Gasteiger partial charge >= 0.3 is 0 Å². The van der Waals surface area contributed by atoms with Gasteiger partial charge in [-0.1, -0.05) is 26.0 Å². The molecule has 20 heavy (non-hydrogen) atoms. The first kappa shape index (κ1) is 14.7. The number of benzene rings is 1. The molecule has 106 valence electrons. The number of anilines is 1. The smallest absolute Gasteiger partial charge is 0.244 e. The Morgan fingerprint density at radius 1 is 1.40 bits per heavy atom. The largest absolute Gasteiger partial charge is 0.324 e. The molecule has 1 aromatic carbocycles. The van der Waals surface area contributed by atoms with E-state index in [4.69, 9.17) is 5.73 Å². The standard InChI is InChI=1S/C15H19N3OS/c1-3-15(16,4-2)14(19)18-12-7-5-6-11(10-12)13-17-8-9-20-13/h5-10H,3-4,16H2,1-2H3,(H,18,19). The van der Waals surface area contributed by atoms with E-state index in [-0.39, 0.29) is 5.91 Å². The molecule has 0 bridgehead atoms. The third-order valence-corrected chi connectivity index (χ3v) is 4.34. The van der Waals surface area contributed by atoms with Crippen LogP contribution in [-0.2, 0) is 4.79 Å². The van der Waals surface area contributed by atoms with E-state index in [1.54, 1.807) is 17.5 Å². The minimum absolute atomic E-state index is 0.140. The Bertz CT molecular complexity index is 577. The van der Waals surface area contributed by atoms with Crippen LogP contribution in [0.4, 0.5) is 5.69 Å². The van der Waals surface area contributed by atoms with E-state index < -0.39 is 5.54 Å². The lowest BCUT2D eigenvalue weighted by Gasteiger charge is -2.25. The minimum atomic E-state index is -0.808. The second kappa shape index (κ2) is 6.15. The fraction of sp³-hybridized carbons (Fsp3) is 0.333. The zero-order valence-electron chi connectivity index (χ0n) is 11.7. The molecule has 2 rings (SSSR count). The summed E-state index contributed by atoms with van der Waals surface area (Å²) in [7, 11) is 0.